The standard InChI is InChI=1S/C28H31ClN2O5S/c1-34-16-3-14-30(28(33)20-4-8-22(35-2)9-5-20)18-27(32)31-15-12-26-24(13-17-37-26)25(31)19-36-23-10-6-21(29)7-11-23/h4-11,13,17,25H,3,12,14-16,18-19H2,1-2H3/t25-/m0/s1. The molecule has 3 aromatic rings. The van der Waals surface area contributed by atoms with Crippen LogP contribution in [-0.2, 0) is 16.0 Å². The molecule has 0 aliphatic carbocycles. The second kappa shape index (κ2) is 12.9. The van der Waals surface area contributed by atoms with Crippen molar-refractivity contribution < 1.29 is 23.8 Å². The summed E-state index contributed by atoms with van der Waals surface area (Å²) < 4.78 is 16.5. The first-order valence-electron chi connectivity index (χ1n) is 12.2. The number of ether oxygens (including phenoxy) is 3. The molecule has 0 radical (unpaired) electrons. The molecule has 9 heteroatoms. The van der Waals surface area contributed by atoms with Gasteiger partial charge in [-0.3, -0.25) is 9.59 Å². The maximum absolute atomic E-state index is 13.7. The molecule has 0 unspecified atom stereocenters. The van der Waals surface area contributed by atoms with E-state index in [4.69, 9.17) is 25.8 Å². The fourth-order valence-corrected chi connectivity index (χ4v) is 5.46. The van der Waals surface area contributed by atoms with Crippen LogP contribution in [0, 0.1) is 0 Å². The molecule has 0 fully saturated rings. The van der Waals surface area contributed by atoms with Crippen molar-refractivity contribution in [1.29, 1.82) is 0 Å². The first-order chi connectivity index (χ1) is 18.0. The van der Waals surface area contributed by atoms with Crippen molar-refractivity contribution in [3.05, 3.63) is 81.0 Å². The van der Waals surface area contributed by atoms with Crippen LogP contribution in [-0.4, -0.2) is 68.7 Å². The van der Waals surface area contributed by atoms with Crippen molar-refractivity contribution >= 4 is 34.8 Å². The van der Waals surface area contributed by atoms with Crippen molar-refractivity contribution in [3.8, 4) is 11.5 Å². The predicted octanol–water partition coefficient (Wildman–Crippen LogP) is 5.09. The van der Waals surface area contributed by atoms with Crippen LogP contribution in [0.4, 0.5) is 0 Å². The summed E-state index contributed by atoms with van der Waals surface area (Å²) in [5.74, 6) is 1.05. The molecule has 1 aromatic heterocycles. The van der Waals surface area contributed by atoms with Crippen molar-refractivity contribution in [2.24, 2.45) is 0 Å². The summed E-state index contributed by atoms with van der Waals surface area (Å²) >= 11 is 7.70. The molecular weight excluding hydrogens is 512 g/mol. The van der Waals surface area contributed by atoms with Gasteiger partial charge in [0.25, 0.3) is 5.91 Å². The molecule has 4 rings (SSSR count). The van der Waals surface area contributed by atoms with E-state index in [0.717, 1.165) is 12.0 Å². The van der Waals surface area contributed by atoms with Gasteiger partial charge in [-0.25, -0.2) is 0 Å². The van der Waals surface area contributed by atoms with E-state index in [-0.39, 0.29) is 24.4 Å². The highest BCUT2D eigenvalue weighted by Crippen LogP contribution is 2.34. The second-order valence-corrected chi connectivity index (χ2v) is 10.2. The Morgan fingerprint density at radius 1 is 1.05 bits per heavy atom. The average Bonchev–Trinajstić information content (AvgIpc) is 3.41. The summed E-state index contributed by atoms with van der Waals surface area (Å²) in [6.07, 6.45) is 1.41. The molecule has 37 heavy (non-hydrogen) atoms. The number of thiophene rings is 1. The van der Waals surface area contributed by atoms with Gasteiger partial charge in [0, 0.05) is 42.3 Å². The van der Waals surface area contributed by atoms with E-state index in [1.54, 1.807) is 66.9 Å². The summed E-state index contributed by atoms with van der Waals surface area (Å²) in [6, 6.07) is 15.9. The molecular formula is C28H31ClN2O5S. The number of benzene rings is 2. The minimum Gasteiger partial charge on any atom is -0.497 e. The smallest absolute Gasteiger partial charge is 0.254 e. The molecule has 1 atom stereocenters. The third-order valence-corrected chi connectivity index (χ3v) is 7.61. The second-order valence-electron chi connectivity index (χ2n) is 8.72. The SMILES string of the molecule is COCCCN(CC(=O)N1CCc2sccc2[C@@H]1COc1ccc(Cl)cc1)C(=O)c1ccc(OC)cc1. The van der Waals surface area contributed by atoms with Gasteiger partial charge in [0.15, 0.2) is 0 Å². The van der Waals surface area contributed by atoms with Crippen LogP contribution >= 0.6 is 22.9 Å². The van der Waals surface area contributed by atoms with Crippen LogP contribution in [0.1, 0.15) is 33.3 Å². The zero-order valence-corrected chi connectivity index (χ0v) is 22.6. The lowest BCUT2D eigenvalue weighted by molar-refractivity contribution is -0.135. The van der Waals surface area contributed by atoms with Crippen molar-refractivity contribution in [2.75, 3.05) is 47.1 Å². The van der Waals surface area contributed by atoms with Crippen LogP contribution in [0.5, 0.6) is 11.5 Å². The largest absolute Gasteiger partial charge is 0.497 e. The van der Waals surface area contributed by atoms with Gasteiger partial charge in [0.05, 0.1) is 13.2 Å². The Balaban J connectivity index is 1.51. The highest BCUT2D eigenvalue weighted by Gasteiger charge is 2.33. The third kappa shape index (κ3) is 6.83. The van der Waals surface area contributed by atoms with Gasteiger partial charge in [-0.1, -0.05) is 11.6 Å². The van der Waals surface area contributed by atoms with Crippen molar-refractivity contribution in [1.82, 2.24) is 9.80 Å². The van der Waals surface area contributed by atoms with Crippen LogP contribution in [0.3, 0.4) is 0 Å². The molecule has 0 spiro atoms. The summed E-state index contributed by atoms with van der Waals surface area (Å²) in [4.78, 5) is 31.8. The Morgan fingerprint density at radius 2 is 1.78 bits per heavy atom. The summed E-state index contributed by atoms with van der Waals surface area (Å²) in [5, 5.41) is 2.69. The fraction of sp³-hybridized carbons (Fsp3) is 0.357. The van der Waals surface area contributed by atoms with E-state index >= 15 is 0 Å². The van der Waals surface area contributed by atoms with Crippen LogP contribution < -0.4 is 9.47 Å². The quantitative estimate of drug-likeness (QED) is 0.316. The summed E-state index contributed by atoms with van der Waals surface area (Å²) in [6.45, 7) is 1.77. The Kier molecular flexibility index (Phi) is 9.44. The fourth-order valence-electron chi connectivity index (χ4n) is 4.40. The lowest BCUT2D eigenvalue weighted by Gasteiger charge is -2.37. The number of hydrogen-bond acceptors (Lipinski definition) is 6. The summed E-state index contributed by atoms with van der Waals surface area (Å²) in [5.41, 5.74) is 1.61. The molecule has 7 nitrogen and oxygen atoms in total. The molecule has 2 amide bonds. The topological polar surface area (TPSA) is 68.3 Å². The zero-order chi connectivity index (χ0) is 26.2. The van der Waals surface area contributed by atoms with Gasteiger partial charge in [0.2, 0.25) is 5.91 Å². The first-order valence-corrected chi connectivity index (χ1v) is 13.4. The monoisotopic (exact) mass is 542 g/mol. The zero-order valence-electron chi connectivity index (χ0n) is 21.0. The van der Waals surface area contributed by atoms with Gasteiger partial charge in [-0.05, 0) is 78.4 Å². The third-order valence-electron chi connectivity index (χ3n) is 6.36. The van der Waals surface area contributed by atoms with E-state index in [9.17, 15) is 9.59 Å². The maximum atomic E-state index is 13.7. The number of rotatable bonds is 11. The Labute approximate surface area is 226 Å². The number of hydrogen-bond donors (Lipinski definition) is 0. The number of fused-ring (bicyclic) bond motifs is 1. The molecule has 0 saturated heterocycles. The predicted molar refractivity (Wildman–Crippen MR) is 145 cm³/mol. The van der Waals surface area contributed by atoms with E-state index in [2.05, 4.69) is 11.4 Å². The minimum atomic E-state index is -0.241. The van der Waals surface area contributed by atoms with Gasteiger partial charge in [0.1, 0.15) is 24.7 Å². The maximum Gasteiger partial charge on any atom is 0.254 e. The molecule has 196 valence electrons. The lowest BCUT2D eigenvalue weighted by atomic mass is 10.0. The van der Waals surface area contributed by atoms with Crippen LogP contribution in [0.15, 0.2) is 60.0 Å². The molecule has 1 aliphatic rings. The molecule has 0 saturated carbocycles. The van der Waals surface area contributed by atoms with E-state index in [1.807, 2.05) is 17.0 Å². The molecule has 2 aromatic carbocycles. The number of carbonyl (C=O) groups is 2. The van der Waals surface area contributed by atoms with E-state index in [1.165, 1.54) is 4.88 Å². The van der Waals surface area contributed by atoms with Gasteiger partial charge >= 0.3 is 0 Å². The van der Waals surface area contributed by atoms with E-state index in [0.29, 0.717) is 54.8 Å². The average molecular weight is 543 g/mol. The van der Waals surface area contributed by atoms with Gasteiger partial charge in [-0.15, -0.1) is 11.3 Å². The number of amides is 2. The lowest BCUT2D eigenvalue weighted by Crippen LogP contribution is -2.48. The Hall–Kier alpha value is -3.07. The van der Waals surface area contributed by atoms with Crippen molar-refractivity contribution in [2.45, 2.75) is 18.9 Å². The molecule has 0 N–H and O–H groups in total. The highest BCUT2D eigenvalue weighted by atomic mass is 35.5. The molecule has 1 aliphatic heterocycles. The van der Waals surface area contributed by atoms with E-state index < -0.39 is 0 Å². The number of methoxy groups -OCH3 is 2. The van der Waals surface area contributed by atoms with Crippen molar-refractivity contribution in [3.63, 3.8) is 0 Å². The Bertz CT molecular complexity index is 1180. The molecule has 0 bridgehead atoms. The minimum absolute atomic E-state index is 0.0223. The highest BCUT2D eigenvalue weighted by molar-refractivity contribution is 7.10. The number of carbonyl (C=O) groups excluding carboxylic acids is 2. The molecule has 2 heterocycles. The first kappa shape index (κ1) is 27.0. The normalized spacial score (nSPS) is 14.7. The number of nitrogens with zero attached hydrogens (tertiary/aromatic N) is 2. The van der Waals surface area contributed by atoms with Gasteiger partial charge < -0.3 is 24.0 Å². The van der Waals surface area contributed by atoms with Crippen LogP contribution in [0.2, 0.25) is 5.02 Å². The summed E-state index contributed by atoms with van der Waals surface area (Å²) in [7, 11) is 3.20. The van der Waals surface area contributed by atoms with Gasteiger partial charge in [-0.2, -0.15) is 0 Å². The Morgan fingerprint density at radius 3 is 2.49 bits per heavy atom. The number of halogens is 1. The van der Waals surface area contributed by atoms with Crippen LogP contribution in [0.25, 0.3) is 0 Å².